The molecule has 0 aliphatic rings. The number of hydrogen-bond acceptors (Lipinski definition) is 5. The summed E-state index contributed by atoms with van der Waals surface area (Å²) >= 11 is 1.62. The first-order chi connectivity index (χ1) is 11.2. The van der Waals surface area contributed by atoms with Crippen LogP contribution in [0.1, 0.15) is 5.56 Å². The monoisotopic (exact) mass is 335 g/mol. The van der Waals surface area contributed by atoms with Crippen LogP contribution in [0, 0.1) is 0 Å². The van der Waals surface area contributed by atoms with Gasteiger partial charge in [-0.25, -0.2) is 0 Å². The Hall–Kier alpha value is -2.05. The molecule has 0 radical (unpaired) electrons. The number of ether oxygens (including phenoxy) is 3. The number of thiophene rings is 1. The molecule has 0 unspecified atom stereocenters. The zero-order chi connectivity index (χ0) is 16.5. The van der Waals surface area contributed by atoms with Crippen LogP contribution in [0.25, 0.3) is 0 Å². The molecule has 0 saturated heterocycles. The Morgan fingerprint density at radius 2 is 2.04 bits per heavy atom. The van der Waals surface area contributed by atoms with Gasteiger partial charge in [0.05, 0.1) is 13.7 Å². The number of methoxy groups -OCH3 is 2. The molecule has 2 rings (SSSR count). The lowest BCUT2D eigenvalue weighted by molar-refractivity contribution is -0.134. The number of benzene rings is 1. The molecule has 0 bridgehead atoms. The zero-order valence-electron chi connectivity index (χ0n) is 13.4. The van der Waals surface area contributed by atoms with E-state index in [1.165, 1.54) is 0 Å². The Balaban J connectivity index is 1.93. The van der Waals surface area contributed by atoms with Gasteiger partial charge in [-0.3, -0.25) is 4.79 Å². The molecule has 0 aliphatic heterocycles. The van der Waals surface area contributed by atoms with Crippen LogP contribution >= 0.6 is 11.3 Å². The van der Waals surface area contributed by atoms with Gasteiger partial charge in [0, 0.05) is 26.3 Å². The Morgan fingerprint density at radius 1 is 1.22 bits per heavy atom. The minimum atomic E-state index is -0.0731. The summed E-state index contributed by atoms with van der Waals surface area (Å²) in [5.74, 6) is 1.24. The van der Waals surface area contributed by atoms with Crippen LogP contribution in [0.5, 0.6) is 11.5 Å². The lowest BCUT2D eigenvalue weighted by Crippen LogP contribution is -2.36. The van der Waals surface area contributed by atoms with Crippen molar-refractivity contribution in [2.75, 3.05) is 34.0 Å². The predicted octanol–water partition coefficient (Wildman–Crippen LogP) is 2.81. The van der Waals surface area contributed by atoms with Crippen LogP contribution in [0.3, 0.4) is 0 Å². The maximum atomic E-state index is 12.4. The van der Waals surface area contributed by atoms with Crippen molar-refractivity contribution in [3.8, 4) is 11.5 Å². The maximum absolute atomic E-state index is 12.4. The van der Waals surface area contributed by atoms with Gasteiger partial charge in [0.25, 0.3) is 5.91 Å². The van der Waals surface area contributed by atoms with Gasteiger partial charge < -0.3 is 19.1 Å². The van der Waals surface area contributed by atoms with E-state index < -0.39 is 0 Å². The first-order valence-electron chi connectivity index (χ1n) is 7.27. The number of hydrogen-bond donors (Lipinski definition) is 0. The van der Waals surface area contributed by atoms with Crippen molar-refractivity contribution in [2.24, 2.45) is 0 Å². The van der Waals surface area contributed by atoms with Gasteiger partial charge in [-0.2, -0.15) is 11.3 Å². The Morgan fingerprint density at radius 3 is 2.74 bits per heavy atom. The van der Waals surface area contributed by atoms with Crippen LogP contribution in [-0.2, 0) is 16.1 Å². The number of carbonyl (C=O) groups excluding carboxylic acids is 1. The van der Waals surface area contributed by atoms with Crippen molar-refractivity contribution in [3.63, 3.8) is 0 Å². The van der Waals surface area contributed by atoms with E-state index in [4.69, 9.17) is 14.2 Å². The lowest BCUT2D eigenvalue weighted by atomic mass is 10.3. The number of amides is 1. The Labute approximate surface area is 140 Å². The third-order valence-electron chi connectivity index (χ3n) is 3.28. The van der Waals surface area contributed by atoms with E-state index in [2.05, 4.69) is 0 Å². The molecule has 1 aromatic carbocycles. The highest BCUT2D eigenvalue weighted by atomic mass is 32.1. The first-order valence-corrected chi connectivity index (χ1v) is 8.22. The second kappa shape index (κ2) is 9.17. The SMILES string of the molecule is COCCN(Cc1ccsc1)C(=O)COc1cccc(OC)c1. The molecular formula is C17H21NO4S. The van der Waals surface area contributed by atoms with E-state index in [1.807, 2.05) is 29.0 Å². The Bertz CT molecular complexity index is 600. The summed E-state index contributed by atoms with van der Waals surface area (Å²) in [7, 11) is 3.22. The van der Waals surface area contributed by atoms with Crippen molar-refractivity contribution in [3.05, 3.63) is 46.7 Å². The van der Waals surface area contributed by atoms with Gasteiger partial charge >= 0.3 is 0 Å². The minimum Gasteiger partial charge on any atom is -0.497 e. The quantitative estimate of drug-likeness (QED) is 0.707. The molecular weight excluding hydrogens is 314 g/mol. The van der Waals surface area contributed by atoms with Gasteiger partial charge in [0.15, 0.2) is 6.61 Å². The van der Waals surface area contributed by atoms with Crippen molar-refractivity contribution in [1.29, 1.82) is 0 Å². The molecule has 2 aromatic rings. The van der Waals surface area contributed by atoms with E-state index in [-0.39, 0.29) is 12.5 Å². The minimum absolute atomic E-state index is 0.0129. The maximum Gasteiger partial charge on any atom is 0.260 e. The van der Waals surface area contributed by atoms with E-state index in [0.29, 0.717) is 31.2 Å². The fourth-order valence-electron chi connectivity index (χ4n) is 2.02. The summed E-state index contributed by atoms with van der Waals surface area (Å²) in [6.45, 7) is 1.58. The fraction of sp³-hybridized carbons (Fsp3) is 0.353. The highest BCUT2D eigenvalue weighted by Crippen LogP contribution is 2.19. The molecule has 124 valence electrons. The first kappa shape index (κ1) is 17.3. The molecule has 1 amide bonds. The summed E-state index contributed by atoms with van der Waals surface area (Å²) in [6, 6.07) is 9.23. The van der Waals surface area contributed by atoms with Gasteiger partial charge in [-0.1, -0.05) is 6.07 Å². The van der Waals surface area contributed by atoms with Crippen LogP contribution in [0.15, 0.2) is 41.1 Å². The molecule has 0 spiro atoms. The Kier molecular flexibility index (Phi) is 6.90. The smallest absolute Gasteiger partial charge is 0.260 e. The van der Waals surface area contributed by atoms with Crippen molar-refractivity contribution in [1.82, 2.24) is 4.90 Å². The average Bonchev–Trinajstić information content (AvgIpc) is 3.09. The highest BCUT2D eigenvalue weighted by Gasteiger charge is 2.15. The van der Waals surface area contributed by atoms with Gasteiger partial charge in [0.1, 0.15) is 11.5 Å². The summed E-state index contributed by atoms with van der Waals surface area (Å²) in [5, 5.41) is 4.04. The molecule has 0 fully saturated rings. The largest absolute Gasteiger partial charge is 0.497 e. The van der Waals surface area contributed by atoms with E-state index in [1.54, 1.807) is 42.6 Å². The van der Waals surface area contributed by atoms with E-state index in [0.717, 1.165) is 5.56 Å². The van der Waals surface area contributed by atoms with Crippen LogP contribution in [0.4, 0.5) is 0 Å². The van der Waals surface area contributed by atoms with E-state index in [9.17, 15) is 4.79 Å². The van der Waals surface area contributed by atoms with E-state index >= 15 is 0 Å². The molecule has 0 aliphatic carbocycles. The summed E-state index contributed by atoms with van der Waals surface area (Å²) in [4.78, 5) is 14.2. The fourth-order valence-corrected chi connectivity index (χ4v) is 2.68. The van der Waals surface area contributed by atoms with Crippen LogP contribution in [-0.4, -0.2) is 44.8 Å². The summed E-state index contributed by atoms with van der Waals surface area (Å²) in [5.41, 5.74) is 1.11. The summed E-state index contributed by atoms with van der Waals surface area (Å²) in [6.07, 6.45) is 0. The number of nitrogens with zero attached hydrogens (tertiary/aromatic N) is 1. The topological polar surface area (TPSA) is 48.0 Å². The second-order valence-electron chi connectivity index (χ2n) is 4.91. The third kappa shape index (κ3) is 5.58. The van der Waals surface area contributed by atoms with Gasteiger partial charge in [-0.15, -0.1) is 0 Å². The average molecular weight is 335 g/mol. The third-order valence-corrected chi connectivity index (χ3v) is 4.01. The lowest BCUT2D eigenvalue weighted by Gasteiger charge is -2.22. The molecule has 5 nitrogen and oxygen atoms in total. The number of carbonyl (C=O) groups is 1. The van der Waals surface area contributed by atoms with Gasteiger partial charge in [0.2, 0.25) is 0 Å². The predicted molar refractivity (Wildman–Crippen MR) is 90.1 cm³/mol. The molecule has 1 aromatic heterocycles. The highest BCUT2D eigenvalue weighted by molar-refractivity contribution is 7.07. The standard InChI is InChI=1S/C17H21NO4S/c1-20-8-7-18(11-14-6-9-23-13-14)17(19)12-22-16-5-3-4-15(10-16)21-2/h3-6,9-10,13H,7-8,11-12H2,1-2H3. The molecule has 6 heteroatoms. The summed E-state index contributed by atoms with van der Waals surface area (Å²) < 4.78 is 15.8. The molecule has 0 N–H and O–H groups in total. The normalized spacial score (nSPS) is 10.3. The number of rotatable bonds is 9. The van der Waals surface area contributed by atoms with Crippen molar-refractivity contribution in [2.45, 2.75) is 6.54 Å². The van der Waals surface area contributed by atoms with Crippen molar-refractivity contribution >= 4 is 17.2 Å². The molecule has 0 atom stereocenters. The second-order valence-corrected chi connectivity index (χ2v) is 5.69. The molecule has 0 saturated carbocycles. The molecule has 23 heavy (non-hydrogen) atoms. The zero-order valence-corrected chi connectivity index (χ0v) is 14.2. The van der Waals surface area contributed by atoms with Crippen molar-refractivity contribution < 1.29 is 19.0 Å². The van der Waals surface area contributed by atoms with Crippen LogP contribution in [0.2, 0.25) is 0 Å². The van der Waals surface area contributed by atoms with Gasteiger partial charge in [-0.05, 0) is 34.5 Å². The molecule has 1 heterocycles. The van der Waals surface area contributed by atoms with Crippen LogP contribution < -0.4 is 9.47 Å².